The maximum atomic E-state index is 12.5. The van der Waals surface area contributed by atoms with Gasteiger partial charge in [-0.25, -0.2) is 4.79 Å². The fourth-order valence-electron chi connectivity index (χ4n) is 3.79. The number of hydrogen-bond acceptors (Lipinski definition) is 1. The summed E-state index contributed by atoms with van der Waals surface area (Å²) in [6.07, 6.45) is 5.24. The number of carbonyl (C=O) groups is 1. The highest BCUT2D eigenvalue weighted by Crippen LogP contribution is 2.46. The maximum Gasteiger partial charge on any atom is 0.317 e. The fourth-order valence-corrected chi connectivity index (χ4v) is 3.79. The molecule has 2 amide bonds. The minimum Gasteiger partial charge on any atom is -0.363 e. The van der Waals surface area contributed by atoms with Crippen LogP contribution in [0.5, 0.6) is 0 Å². The van der Waals surface area contributed by atoms with E-state index < -0.39 is 0 Å². The number of hydrogen-bond donors (Lipinski definition) is 2. The van der Waals surface area contributed by atoms with Gasteiger partial charge in [0, 0.05) is 25.0 Å². The van der Waals surface area contributed by atoms with Crippen molar-refractivity contribution in [3.05, 3.63) is 59.9 Å². The number of urea groups is 1. The lowest BCUT2D eigenvalue weighted by Crippen LogP contribution is -2.40. The maximum absolute atomic E-state index is 12.5. The predicted octanol–water partition coefficient (Wildman–Crippen LogP) is 3.66. The lowest BCUT2D eigenvalue weighted by atomic mass is 10.1. The number of aromatic amines is 1. The molecule has 4 heteroatoms. The number of H-pyrrole nitrogens is 1. The number of benzene rings is 1. The van der Waals surface area contributed by atoms with Crippen molar-refractivity contribution in [2.24, 2.45) is 5.92 Å². The minimum absolute atomic E-state index is 0.0841. The molecule has 0 spiro atoms. The van der Waals surface area contributed by atoms with Gasteiger partial charge in [-0.15, -0.1) is 0 Å². The van der Waals surface area contributed by atoms with E-state index in [0.29, 0.717) is 11.8 Å². The van der Waals surface area contributed by atoms with Gasteiger partial charge >= 0.3 is 6.03 Å². The molecule has 120 valence electrons. The van der Waals surface area contributed by atoms with E-state index in [4.69, 9.17) is 0 Å². The van der Waals surface area contributed by atoms with E-state index in [0.717, 1.165) is 31.6 Å². The highest BCUT2D eigenvalue weighted by atomic mass is 16.2. The van der Waals surface area contributed by atoms with Crippen LogP contribution in [0.15, 0.2) is 48.7 Å². The minimum atomic E-state index is 0.0841. The van der Waals surface area contributed by atoms with Gasteiger partial charge in [-0.1, -0.05) is 30.3 Å². The summed E-state index contributed by atoms with van der Waals surface area (Å²) in [5.41, 5.74) is 2.54. The summed E-state index contributed by atoms with van der Waals surface area (Å²) < 4.78 is 0. The molecule has 1 saturated carbocycles. The number of rotatable bonds is 4. The highest BCUT2D eigenvalue weighted by Gasteiger charge is 2.39. The van der Waals surface area contributed by atoms with Crippen LogP contribution in [0.25, 0.3) is 0 Å². The zero-order valence-corrected chi connectivity index (χ0v) is 13.2. The van der Waals surface area contributed by atoms with Crippen molar-refractivity contribution in [1.29, 1.82) is 0 Å². The number of aromatic nitrogens is 1. The first-order valence-corrected chi connectivity index (χ1v) is 8.55. The van der Waals surface area contributed by atoms with Gasteiger partial charge in [-0.05, 0) is 48.8 Å². The largest absolute Gasteiger partial charge is 0.363 e. The molecule has 2 aromatic rings. The molecule has 4 rings (SSSR count). The zero-order chi connectivity index (χ0) is 15.6. The Kier molecular flexibility index (Phi) is 3.82. The highest BCUT2D eigenvalue weighted by molar-refractivity contribution is 5.75. The number of nitrogens with zero attached hydrogens (tertiary/aromatic N) is 1. The van der Waals surface area contributed by atoms with Crippen LogP contribution in [0.4, 0.5) is 4.79 Å². The van der Waals surface area contributed by atoms with Gasteiger partial charge < -0.3 is 15.2 Å². The predicted molar refractivity (Wildman–Crippen MR) is 90.2 cm³/mol. The monoisotopic (exact) mass is 309 g/mol. The Balaban J connectivity index is 1.31. The zero-order valence-electron chi connectivity index (χ0n) is 13.2. The van der Waals surface area contributed by atoms with Crippen LogP contribution in [-0.4, -0.2) is 29.0 Å². The summed E-state index contributed by atoms with van der Waals surface area (Å²) in [4.78, 5) is 17.8. The molecule has 1 aromatic carbocycles. The summed E-state index contributed by atoms with van der Waals surface area (Å²) in [5, 5.41) is 3.15. The summed E-state index contributed by atoms with van der Waals surface area (Å²) in [6, 6.07) is 15.0. The Hall–Kier alpha value is -2.23. The third-order valence-electron chi connectivity index (χ3n) is 5.16. The van der Waals surface area contributed by atoms with Crippen molar-refractivity contribution in [3.63, 3.8) is 0 Å². The second-order valence-corrected chi connectivity index (χ2v) is 6.68. The van der Waals surface area contributed by atoms with E-state index in [1.54, 1.807) is 0 Å². The van der Waals surface area contributed by atoms with E-state index in [-0.39, 0.29) is 12.1 Å². The molecule has 0 unspecified atom stereocenters. The molecule has 1 saturated heterocycles. The van der Waals surface area contributed by atoms with Gasteiger partial charge in [0.2, 0.25) is 0 Å². The Morgan fingerprint density at radius 3 is 2.87 bits per heavy atom. The van der Waals surface area contributed by atoms with E-state index in [9.17, 15) is 4.79 Å². The van der Waals surface area contributed by atoms with Gasteiger partial charge in [0.1, 0.15) is 0 Å². The Morgan fingerprint density at radius 2 is 2.09 bits per heavy atom. The molecule has 23 heavy (non-hydrogen) atoms. The molecule has 3 atom stereocenters. The van der Waals surface area contributed by atoms with Crippen molar-refractivity contribution >= 4 is 6.03 Å². The van der Waals surface area contributed by atoms with Crippen LogP contribution in [0, 0.1) is 5.92 Å². The van der Waals surface area contributed by atoms with Crippen LogP contribution < -0.4 is 5.32 Å². The van der Waals surface area contributed by atoms with Gasteiger partial charge in [0.25, 0.3) is 0 Å². The van der Waals surface area contributed by atoms with E-state index in [2.05, 4.69) is 46.7 Å². The normalized spacial score (nSPS) is 26.3. The molecular formula is C19H23N3O. The molecule has 1 aromatic heterocycles. The van der Waals surface area contributed by atoms with Crippen molar-refractivity contribution < 1.29 is 4.79 Å². The van der Waals surface area contributed by atoms with Crippen LogP contribution in [0.3, 0.4) is 0 Å². The Labute approximate surface area is 136 Å². The van der Waals surface area contributed by atoms with Gasteiger partial charge in [0.05, 0.1) is 6.04 Å². The molecule has 2 fully saturated rings. The molecule has 2 N–H and O–H groups in total. The first-order valence-electron chi connectivity index (χ1n) is 8.55. The van der Waals surface area contributed by atoms with Gasteiger partial charge in [0.15, 0.2) is 0 Å². The number of likely N-dealkylation sites (tertiary alicyclic amines) is 1. The molecule has 2 aliphatic rings. The number of carbonyl (C=O) groups excluding carboxylic acids is 1. The average Bonchev–Trinajstić information content (AvgIpc) is 2.99. The smallest absolute Gasteiger partial charge is 0.317 e. The standard InChI is InChI=1S/C19H23N3O/c23-19(22-11-5-9-18(22)17-8-4-10-20-17)21-13-15-12-16(15)14-6-2-1-3-7-14/h1-4,6-8,10,15-16,18,20H,5,9,11-13H2,(H,21,23)/t15-,16-,18-/m0/s1. The van der Waals surface area contributed by atoms with Crippen LogP contribution >= 0.6 is 0 Å². The quantitative estimate of drug-likeness (QED) is 0.889. The topological polar surface area (TPSA) is 48.1 Å². The third kappa shape index (κ3) is 2.98. The fraction of sp³-hybridized carbons (Fsp3) is 0.421. The molecule has 1 aliphatic heterocycles. The number of nitrogens with one attached hydrogen (secondary N) is 2. The summed E-state index contributed by atoms with van der Waals surface area (Å²) in [7, 11) is 0. The second kappa shape index (κ2) is 6.11. The lowest BCUT2D eigenvalue weighted by Gasteiger charge is -2.24. The Morgan fingerprint density at radius 1 is 1.22 bits per heavy atom. The summed E-state index contributed by atoms with van der Waals surface area (Å²) in [6.45, 7) is 1.63. The number of amides is 2. The molecular weight excluding hydrogens is 286 g/mol. The van der Waals surface area contributed by atoms with Crippen molar-refractivity contribution in [2.75, 3.05) is 13.1 Å². The first kappa shape index (κ1) is 14.4. The molecule has 0 bridgehead atoms. The van der Waals surface area contributed by atoms with Crippen LogP contribution in [0.2, 0.25) is 0 Å². The molecule has 2 heterocycles. The molecule has 0 radical (unpaired) electrons. The lowest BCUT2D eigenvalue weighted by molar-refractivity contribution is 0.191. The molecule has 4 nitrogen and oxygen atoms in total. The van der Waals surface area contributed by atoms with Crippen molar-refractivity contribution in [2.45, 2.75) is 31.2 Å². The average molecular weight is 309 g/mol. The van der Waals surface area contributed by atoms with E-state index >= 15 is 0 Å². The third-order valence-corrected chi connectivity index (χ3v) is 5.16. The van der Waals surface area contributed by atoms with Crippen LogP contribution in [-0.2, 0) is 0 Å². The van der Waals surface area contributed by atoms with Gasteiger partial charge in [-0.2, -0.15) is 0 Å². The van der Waals surface area contributed by atoms with E-state index in [1.807, 2.05) is 17.2 Å². The second-order valence-electron chi connectivity index (χ2n) is 6.68. The molecule has 1 aliphatic carbocycles. The van der Waals surface area contributed by atoms with Crippen LogP contribution in [0.1, 0.15) is 42.5 Å². The summed E-state index contributed by atoms with van der Waals surface area (Å²) >= 11 is 0. The van der Waals surface area contributed by atoms with Crippen molar-refractivity contribution in [1.82, 2.24) is 15.2 Å². The SMILES string of the molecule is O=C(NC[C@@H]1C[C@H]1c1ccccc1)N1CCC[C@H]1c1ccc[nH]1. The first-order chi connectivity index (χ1) is 11.3. The van der Waals surface area contributed by atoms with Crippen molar-refractivity contribution in [3.8, 4) is 0 Å². The van der Waals surface area contributed by atoms with Gasteiger partial charge in [-0.3, -0.25) is 0 Å². The van der Waals surface area contributed by atoms with E-state index in [1.165, 1.54) is 12.0 Å². The Bertz CT molecular complexity index is 653. The summed E-state index contributed by atoms with van der Waals surface area (Å²) in [5.74, 6) is 1.21.